The Bertz CT molecular complexity index is 537. The van der Waals surface area contributed by atoms with Gasteiger partial charge in [0.2, 0.25) is 0 Å². The van der Waals surface area contributed by atoms with E-state index in [9.17, 15) is 9.18 Å². The van der Waals surface area contributed by atoms with Gasteiger partial charge in [0.25, 0.3) is 0 Å². The lowest BCUT2D eigenvalue weighted by atomic mass is 10.0. The summed E-state index contributed by atoms with van der Waals surface area (Å²) in [7, 11) is 0. The Hall–Kier alpha value is -1.48. The summed E-state index contributed by atoms with van der Waals surface area (Å²) in [5.41, 5.74) is 1.47. The Morgan fingerprint density at radius 3 is 2.47 bits per heavy atom. The maximum Gasteiger partial charge on any atom is 0.167 e. The highest BCUT2D eigenvalue weighted by Gasteiger charge is 2.07. The Balaban J connectivity index is 2.16. The number of hydrogen-bond acceptors (Lipinski definition) is 1. The summed E-state index contributed by atoms with van der Waals surface area (Å²) in [4.78, 5) is 11.9. The van der Waals surface area contributed by atoms with E-state index in [2.05, 4.69) is 15.9 Å². The predicted octanol–water partition coefficient (Wildman–Crippen LogP) is 4.01. The van der Waals surface area contributed by atoms with Crippen LogP contribution >= 0.6 is 15.9 Å². The van der Waals surface area contributed by atoms with E-state index >= 15 is 0 Å². The van der Waals surface area contributed by atoms with Crippen molar-refractivity contribution in [2.75, 3.05) is 0 Å². The number of Topliss-reactive ketones (excluding diaryl/α,β-unsaturated/α-hetero) is 1. The summed E-state index contributed by atoms with van der Waals surface area (Å²) >= 11 is 3.11. The zero-order valence-electron chi connectivity index (χ0n) is 8.99. The Labute approximate surface area is 107 Å². The molecule has 0 heterocycles. The van der Waals surface area contributed by atoms with Crippen molar-refractivity contribution in [1.82, 2.24) is 0 Å². The zero-order chi connectivity index (χ0) is 12.3. The number of hydrogen-bond donors (Lipinski definition) is 0. The molecule has 3 heteroatoms. The van der Waals surface area contributed by atoms with Crippen molar-refractivity contribution in [3.8, 4) is 0 Å². The highest BCUT2D eigenvalue weighted by Crippen LogP contribution is 2.18. The van der Waals surface area contributed by atoms with Gasteiger partial charge in [-0.05, 0) is 33.6 Å². The lowest BCUT2D eigenvalue weighted by Crippen LogP contribution is -2.03. The van der Waals surface area contributed by atoms with E-state index in [0.717, 1.165) is 5.56 Å². The number of carbonyl (C=O) groups is 1. The maximum absolute atomic E-state index is 13.0. The fourth-order valence-corrected chi connectivity index (χ4v) is 1.99. The van der Waals surface area contributed by atoms with Crippen molar-refractivity contribution in [2.24, 2.45) is 0 Å². The van der Waals surface area contributed by atoms with Gasteiger partial charge in [0.15, 0.2) is 5.78 Å². The molecule has 0 spiro atoms. The molecule has 0 saturated heterocycles. The van der Waals surface area contributed by atoms with Gasteiger partial charge in [0, 0.05) is 12.0 Å². The second-order valence-corrected chi connectivity index (χ2v) is 4.57. The molecule has 0 amide bonds. The maximum atomic E-state index is 13.0. The quantitative estimate of drug-likeness (QED) is 0.781. The molecule has 0 atom stereocenters. The van der Waals surface area contributed by atoms with Crippen molar-refractivity contribution < 1.29 is 9.18 Å². The molecule has 0 aliphatic rings. The van der Waals surface area contributed by atoms with Gasteiger partial charge in [0.05, 0.1) is 4.47 Å². The molecule has 86 valence electrons. The molecule has 17 heavy (non-hydrogen) atoms. The standard InChI is InChI=1S/C14H10BrFO/c15-12-8-10(6-7-13(12)16)9-14(17)11-4-2-1-3-5-11/h1-8H,9H2. The average molecular weight is 293 g/mol. The molecule has 0 unspecified atom stereocenters. The monoisotopic (exact) mass is 292 g/mol. The van der Waals surface area contributed by atoms with Gasteiger partial charge in [-0.1, -0.05) is 36.4 Å². The number of carbonyl (C=O) groups excluding carboxylic acids is 1. The molecule has 0 N–H and O–H groups in total. The molecule has 2 aromatic carbocycles. The summed E-state index contributed by atoms with van der Waals surface area (Å²) in [6.45, 7) is 0. The van der Waals surface area contributed by atoms with E-state index < -0.39 is 0 Å². The van der Waals surface area contributed by atoms with Crippen molar-refractivity contribution in [1.29, 1.82) is 0 Å². The largest absolute Gasteiger partial charge is 0.294 e. The van der Waals surface area contributed by atoms with Gasteiger partial charge in [-0.2, -0.15) is 0 Å². The van der Waals surface area contributed by atoms with E-state index in [1.54, 1.807) is 24.3 Å². The molecule has 2 aromatic rings. The predicted molar refractivity (Wildman–Crippen MR) is 68.6 cm³/mol. The molecule has 0 aromatic heterocycles. The summed E-state index contributed by atoms with van der Waals surface area (Å²) < 4.78 is 13.4. The SMILES string of the molecule is O=C(Cc1ccc(F)c(Br)c1)c1ccccc1. The van der Waals surface area contributed by atoms with Crippen LogP contribution in [-0.2, 0) is 6.42 Å². The van der Waals surface area contributed by atoms with Crippen LogP contribution in [0.1, 0.15) is 15.9 Å². The first-order chi connectivity index (χ1) is 8.16. The highest BCUT2D eigenvalue weighted by atomic mass is 79.9. The molecule has 0 saturated carbocycles. The second-order valence-electron chi connectivity index (χ2n) is 3.71. The molecule has 0 bridgehead atoms. The molecule has 1 nitrogen and oxygen atoms in total. The van der Waals surface area contributed by atoms with Gasteiger partial charge in [-0.15, -0.1) is 0 Å². The minimum atomic E-state index is -0.319. The molecular formula is C14H10BrFO. The Morgan fingerprint density at radius 1 is 1.12 bits per heavy atom. The van der Waals surface area contributed by atoms with Gasteiger partial charge in [0.1, 0.15) is 5.82 Å². The number of rotatable bonds is 3. The van der Waals surface area contributed by atoms with Crippen LogP contribution in [0.15, 0.2) is 53.0 Å². The first kappa shape index (κ1) is 12.0. The van der Waals surface area contributed by atoms with Crippen LogP contribution < -0.4 is 0 Å². The van der Waals surface area contributed by atoms with Gasteiger partial charge in [-0.25, -0.2) is 4.39 Å². The van der Waals surface area contributed by atoms with E-state index in [0.29, 0.717) is 10.0 Å². The first-order valence-electron chi connectivity index (χ1n) is 5.19. The Morgan fingerprint density at radius 2 is 1.82 bits per heavy atom. The van der Waals surface area contributed by atoms with Crippen LogP contribution in [0, 0.1) is 5.82 Å². The second kappa shape index (κ2) is 5.23. The molecular weight excluding hydrogens is 283 g/mol. The highest BCUT2D eigenvalue weighted by molar-refractivity contribution is 9.10. The van der Waals surface area contributed by atoms with Crippen molar-refractivity contribution in [3.63, 3.8) is 0 Å². The van der Waals surface area contributed by atoms with Gasteiger partial charge in [-0.3, -0.25) is 4.79 Å². The first-order valence-corrected chi connectivity index (χ1v) is 5.98. The summed E-state index contributed by atoms with van der Waals surface area (Å²) in [6.07, 6.45) is 0.281. The van der Waals surface area contributed by atoms with Crippen LogP contribution in [0.5, 0.6) is 0 Å². The smallest absolute Gasteiger partial charge is 0.167 e. The molecule has 0 fully saturated rings. The van der Waals surface area contributed by atoms with E-state index in [1.165, 1.54) is 6.07 Å². The van der Waals surface area contributed by atoms with E-state index in [-0.39, 0.29) is 18.0 Å². The third-order valence-corrected chi connectivity index (χ3v) is 3.05. The third kappa shape index (κ3) is 3.01. The minimum Gasteiger partial charge on any atom is -0.294 e. The van der Waals surface area contributed by atoms with Gasteiger partial charge >= 0.3 is 0 Å². The van der Waals surface area contributed by atoms with E-state index in [1.807, 2.05) is 18.2 Å². The lowest BCUT2D eigenvalue weighted by Gasteiger charge is -2.02. The van der Waals surface area contributed by atoms with Crippen molar-refractivity contribution in [2.45, 2.75) is 6.42 Å². The van der Waals surface area contributed by atoms with Crippen LogP contribution in [0.4, 0.5) is 4.39 Å². The molecule has 0 radical (unpaired) electrons. The number of benzene rings is 2. The summed E-state index contributed by atoms with van der Waals surface area (Å²) in [6, 6.07) is 13.7. The molecule has 0 aliphatic carbocycles. The normalized spacial score (nSPS) is 10.2. The van der Waals surface area contributed by atoms with Crippen LogP contribution in [0.3, 0.4) is 0 Å². The lowest BCUT2D eigenvalue weighted by molar-refractivity contribution is 0.0993. The van der Waals surface area contributed by atoms with Gasteiger partial charge < -0.3 is 0 Å². The van der Waals surface area contributed by atoms with Crippen LogP contribution in [0.2, 0.25) is 0 Å². The van der Waals surface area contributed by atoms with Crippen LogP contribution in [-0.4, -0.2) is 5.78 Å². The van der Waals surface area contributed by atoms with Crippen LogP contribution in [0.25, 0.3) is 0 Å². The van der Waals surface area contributed by atoms with E-state index in [4.69, 9.17) is 0 Å². The average Bonchev–Trinajstić information content (AvgIpc) is 2.35. The topological polar surface area (TPSA) is 17.1 Å². The Kier molecular flexibility index (Phi) is 3.69. The molecule has 0 aliphatic heterocycles. The number of ketones is 1. The fraction of sp³-hybridized carbons (Fsp3) is 0.0714. The summed E-state index contributed by atoms with van der Waals surface area (Å²) in [5.74, 6) is -0.287. The van der Waals surface area contributed by atoms with Crippen molar-refractivity contribution >= 4 is 21.7 Å². The molecule has 2 rings (SSSR count). The zero-order valence-corrected chi connectivity index (χ0v) is 10.6. The van der Waals surface area contributed by atoms with Crippen molar-refractivity contribution in [3.05, 3.63) is 69.9 Å². The number of halogens is 2. The minimum absolute atomic E-state index is 0.0316. The summed E-state index contributed by atoms with van der Waals surface area (Å²) in [5, 5.41) is 0. The third-order valence-electron chi connectivity index (χ3n) is 2.44. The fourth-order valence-electron chi connectivity index (χ4n) is 1.56.